The van der Waals surface area contributed by atoms with E-state index in [0.29, 0.717) is 33.3 Å². The molecule has 1 heterocycles. The van der Waals surface area contributed by atoms with Crippen LogP contribution in [0.2, 0.25) is 0 Å². The van der Waals surface area contributed by atoms with Gasteiger partial charge in [0.2, 0.25) is 5.91 Å². The number of halogens is 1. The number of nitrogens with zero attached hydrogens (tertiary/aromatic N) is 1. The molecule has 3 amide bonds. The second kappa shape index (κ2) is 9.08. The third-order valence-corrected chi connectivity index (χ3v) is 4.87. The molecule has 1 aromatic rings. The minimum absolute atomic E-state index is 0.138. The topological polar surface area (TPSA) is 136 Å². The van der Waals surface area contributed by atoms with Crippen molar-refractivity contribution in [1.82, 2.24) is 4.90 Å². The normalized spacial score (nSPS) is 15.3. The predicted molar refractivity (Wildman–Crippen MR) is 105 cm³/mol. The maximum atomic E-state index is 12.3. The van der Waals surface area contributed by atoms with Crippen LogP contribution in [-0.2, 0) is 14.4 Å². The number of thioether (sulfide) groups is 1. The number of benzene rings is 1. The first-order chi connectivity index (χ1) is 12.7. The zero-order chi connectivity index (χ0) is 20.1. The summed E-state index contributed by atoms with van der Waals surface area (Å²) >= 11 is 2.66. The Morgan fingerprint density at radius 3 is 2.63 bits per heavy atom. The van der Waals surface area contributed by atoms with E-state index < -0.39 is 36.2 Å². The van der Waals surface area contributed by atoms with Crippen molar-refractivity contribution in [3.8, 4) is 11.5 Å². The average Bonchev–Trinajstić information content (AvgIpc) is 2.81. The molecule has 2 rings (SSSR count). The maximum absolute atomic E-state index is 12.3. The van der Waals surface area contributed by atoms with E-state index in [0.717, 1.165) is 4.90 Å². The van der Waals surface area contributed by atoms with Crippen LogP contribution in [0, 0.1) is 3.57 Å². The fraction of sp³-hybridized carbons (Fsp3) is 0.250. The molecule has 0 radical (unpaired) electrons. The van der Waals surface area contributed by atoms with Gasteiger partial charge in [0.05, 0.1) is 15.1 Å². The highest BCUT2D eigenvalue weighted by molar-refractivity contribution is 14.1. The number of hydrogen-bond donors (Lipinski definition) is 2. The Balaban J connectivity index is 2.34. The molecule has 1 aliphatic heterocycles. The van der Waals surface area contributed by atoms with Gasteiger partial charge in [0.1, 0.15) is 6.54 Å². The third-order valence-electron chi connectivity index (χ3n) is 3.16. The van der Waals surface area contributed by atoms with Gasteiger partial charge in [-0.3, -0.25) is 19.3 Å². The molecule has 1 saturated heterocycles. The number of rotatable bonds is 8. The number of carboxylic acid groups (broad SMARTS) is 1. The van der Waals surface area contributed by atoms with Crippen molar-refractivity contribution in [2.45, 2.75) is 6.92 Å². The number of carbonyl (C=O) groups is 4. The number of aliphatic carboxylic acids is 1. The summed E-state index contributed by atoms with van der Waals surface area (Å²) in [6.45, 7) is 1.07. The number of primary amides is 1. The van der Waals surface area contributed by atoms with Gasteiger partial charge < -0.3 is 20.3 Å². The summed E-state index contributed by atoms with van der Waals surface area (Å²) in [7, 11) is 0. The molecule has 1 aliphatic rings. The van der Waals surface area contributed by atoms with Crippen LogP contribution in [0.3, 0.4) is 0 Å². The number of carboxylic acids is 1. The molecule has 144 valence electrons. The van der Waals surface area contributed by atoms with E-state index in [1.165, 1.54) is 6.08 Å². The van der Waals surface area contributed by atoms with E-state index >= 15 is 0 Å². The van der Waals surface area contributed by atoms with Crippen molar-refractivity contribution in [1.29, 1.82) is 0 Å². The van der Waals surface area contributed by atoms with Gasteiger partial charge in [-0.1, -0.05) is 0 Å². The molecule has 9 nitrogen and oxygen atoms in total. The summed E-state index contributed by atoms with van der Waals surface area (Å²) < 4.78 is 11.3. The number of carbonyl (C=O) groups excluding carboxylic acids is 3. The quantitative estimate of drug-likeness (QED) is 0.402. The first kappa shape index (κ1) is 21.0. The van der Waals surface area contributed by atoms with Crippen LogP contribution in [0.25, 0.3) is 6.08 Å². The molecule has 0 spiro atoms. The van der Waals surface area contributed by atoms with Gasteiger partial charge in [-0.15, -0.1) is 0 Å². The molecule has 0 unspecified atom stereocenters. The van der Waals surface area contributed by atoms with Gasteiger partial charge in [0.15, 0.2) is 18.1 Å². The highest BCUT2D eigenvalue weighted by Gasteiger charge is 2.35. The highest BCUT2D eigenvalue weighted by Crippen LogP contribution is 2.37. The Bertz CT molecular complexity index is 840. The lowest BCUT2D eigenvalue weighted by molar-refractivity contribution is -0.139. The first-order valence-electron chi connectivity index (χ1n) is 7.57. The smallest absolute Gasteiger partial charge is 0.341 e. The van der Waals surface area contributed by atoms with Gasteiger partial charge in [-0.05, 0) is 65.0 Å². The Morgan fingerprint density at radius 1 is 1.33 bits per heavy atom. The Labute approximate surface area is 172 Å². The lowest BCUT2D eigenvalue weighted by Gasteiger charge is -2.13. The molecular formula is C16H15IN2O7S. The standard InChI is InChI=1S/C16H15IN2O7S/c1-2-25-10-4-8(3-9(17)14(10)26-7-13(21)22)5-11-15(23)19(6-12(18)20)16(24)27-11/h3-5H,2,6-7H2,1H3,(H2,18,20)(H,21,22)/b11-5-. The molecule has 0 saturated carbocycles. The number of nitrogens with two attached hydrogens (primary N) is 1. The monoisotopic (exact) mass is 506 g/mol. The molecule has 3 N–H and O–H groups in total. The lowest BCUT2D eigenvalue weighted by atomic mass is 10.2. The molecule has 11 heteroatoms. The maximum Gasteiger partial charge on any atom is 0.341 e. The van der Waals surface area contributed by atoms with Crippen LogP contribution in [-0.4, -0.2) is 52.8 Å². The number of imide groups is 1. The molecule has 27 heavy (non-hydrogen) atoms. The summed E-state index contributed by atoms with van der Waals surface area (Å²) in [5.74, 6) is -1.93. The van der Waals surface area contributed by atoms with Crippen molar-refractivity contribution in [3.63, 3.8) is 0 Å². The first-order valence-corrected chi connectivity index (χ1v) is 9.47. The minimum atomic E-state index is -1.12. The summed E-state index contributed by atoms with van der Waals surface area (Å²) in [4.78, 5) is 46.8. The average molecular weight is 506 g/mol. The zero-order valence-electron chi connectivity index (χ0n) is 14.1. The molecule has 1 aromatic carbocycles. The largest absolute Gasteiger partial charge is 0.490 e. The van der Waals surface area contributed by atoms with Crippen LogP contribution < -0.4 is 15.2 Å². The second-order valence-electron chi connectivity index (χ2n) is 5.18. The molecule has 0 aliphatic carbocycles. The van der Waals surface area contributed by atoms with E-state index in [-0.39, 0.29) is 10.7 Å². The molecule has 1 fully saturated rings. The Kier molecular flexibility index (Phi) is 7.07. The van der Waals surface area contributed by atoms with E-state index in [1.54, 1.807) is 19.1 Å². The fourth-order valence-electron chi connectivity index (χ4n) is 2.15. The van der Waals surface area contributed by atoms with Crippen molar-refractivity contribution in [3.05, 3.63) is 26.2 Å². The fourth-order valence-corrected chi connectivity index (χ4v) is 3.77. The number of ether oxygens (including phenoxy) is 2. The zero-order valence-corrected chi connectivity index (χ0v) is 17.0. The van der Waals surface area contributed by atoms with E-state index in [1.807, 2.05) is 22.6 Å². The van der Waals surface area contributed by atoms with Gasteiger partial charge >= 0.3 is 5.97 Å². The van der Waals surface area contributed by atoms with E-state index in [2.05, 4.69) is 0 Å². The second-order valence-corrected chi connectivity index (χ2v) is 7.33. The van der Waals surface area contributed by atoms with Crippen molar-refractivity contribution in [2.24, 2.45) is 5.73 Å². The Hall–Kier alpha value is -2.28. The van der Waals surface area contributed by atoms with Gasteiger partial charge in [-0.25, -0.2) is 4.79 Å². The van der Waals surface area contributed by atoms with Crippen LogP contribution in [0.5, 0.6) is 11.5 Å². The van der Waals surface area contributed by atoms with E-state index in [4.69, 9.17) is 20.3 Å². The third kappa shape index (κ3) is 5.35. The summed E-state index contributed by atoms with van der Waals surface area (Å²) in [6, 6.07) is 3.23. The highest BCUT2D eigenvalue weighted by atomic mass is 127. The van der Waals surface area contributed by atoms with Crippen molar-refractivity contribution >= 4 is 63.5 Å². The minimum Gasteiger partial charge on any atom is -0.490 e. The van der Waals surface area contributed by atoms with Crippen LogP contribution >= 0.6 is 34.4 Å². The molecule has 0 bridgehead atoms. The lowest BCUT2D eigenvalue weighted by Crippen LogP contribution is -2.36. The molecule has 0 atom stereocenters. The van der Waals surface area contributed by atoms with Crippen LogP contribution in [0.4, 0.5) is 4.79 Å². The van der Waals surface area contributed by atoms with Gasteiger partial charge in [0, 0.05) is 0 Å². The summed E-state index contributed by atoms with van der Waals surface area (Å²) in [5, 5.41) is 8.21. The predicted octanol–water partition coefficient (Wildman–Crippen LogP) is 1.67. The van der Waals surface area contributed by atoms with E-state index in [9.17, 15) is 19.2 Å². The van der Waals surface area contributed by atoms with Gasteiger partial charge in [-0.2, -0.15) is 0 Å². The van der Waals surface area contributed by atoms with Crippen molar-refractivity contribution < 1.29 is 33.8 Å². The summed E-state index contributed by atoms with van der Waals surface area (Å²) in [6.07, 6.45) is 1.48. The molecular weight excluding hydrogens is 491 g/mol. The number of amides is 3. The van der Waals surface area contributed by atoms with Crippen LogP contribution in [0.15, 0.2) is 17.0 Å². The number of hydrogen-bond acceptors (Lipinski definition) is 7. The molecule has 0 aromatic heterocycles. The Morgan fingerprint density at radius 2 is 2.04 bits per heavy atom. The van der Waals surface area contributed by atoms with Crippen LogP contribution in [0.1, 0.15) is 12.5 Å². The van der Waals surface area contributed by atoms with Crippen molar-refractivity contribution in [2.75, 3.05) is 19.8 Å². The summed E-state index contributed by atoms with van der Waals surface area (Å²) in [5.41, 5.74) is 5.60. The van der Waals surface area contributed by atoms with Gasteiger partial charge in [0.25, 0.3) is 11.1 Å². The SMILES string of the molecule is CCOc1cc(/C=C2\SC(=O)N(CC(N)=O)C2=O)cc(I)c1OCC(=O)O.